The number of hydrogen-bond donors (Lipinski definition) is 0. The van der Waals surface area contributed by atoms with Crippen molar-refractivity contribution in [3.63, 3.8) is 0 Å². The van der Waals surface area contributed by atoms with Crippen LogP contribution in [0.3, 0.4) is 0 Å². The number of hydrogen-bond acceptors (Lipinski definition) is 5. The Hall–Kier alpha value is -3.52. The predicted molar refractivity (Wildman–Crippen MR) is 137 cm³/mol. The van der Waals surface area contributed by atoms with Gasteiger partial charge in [0.25, 0.3) is 11.6 Å². The number of carbonyl (C=O) groups is 2. The molecule has 0 fully saturated rings. The summed E-state index contributed by atoms with van der Waals surface area (Å²) in [4.78, 5) is 42.6. The average molecular weight is 492 g/mol. The third kappa shape index (κ3) is 5.12. The Kier molecular flexibility index (Phi) is 6.76. The SMILES string of the molecule is Cc1ccc(C2c3ccsc3CCN2C(=O)CN(C(=O)c2cccc([N+](=O)[O-])c2)C(C)(C)C)cc1. The van der Waals surface area contributed by atoms with Crippen molar-refractivity contribution in [2.45, 2.75) is 45.7 Å². The number of fused-ring (bicyclic) bond motifs is 1. The summed E-state index contributed by atoms with van der Waals surface area (Å²) < 4.78 is 0. The van der Waals surface area contributed by atoms with Crippen molar-refractivity contribution in [1.29, 1.82) is 0 Å². The number of nitrogens with zero attached hydrogens (tertiary/aromatic N) is 3. The first-order valence-electron chi connectivity index (χ1n) is 11.5. The molecule has 0 N–H and O–H groups in total. The maximum absolute atomic E-state index is 13.8. The van der Waals surface area contributed by atoms with Crippen LogP contribution in [0.1, 0.15) is 58.7 Å². The molecule has 0 bridgehead atoms. The number of aryl methyl sites for hydroxylation is 1. The molecular formula is C27H29N3O4S. The van der Waals surface area contributed by atoms with E-state index in [1.165, 1.54) is 28.0 Å². The minimum atomic E-state index is -0.667. The van der Waals surface area contributed by atoms with Gasteiger partial charge in [-0.05, 0) is 62.8 Å². The lowest BCUT2D eigenvalue weighted by molar-refractivity contribution is -0.384. The zero-order valence-corrected chi connectivity index (χ0v) is 21.2. The first-order valence-corrected chi connectivity index (χ1v) is 12.4. The second-order valence-corrected chi connectivity index (χ2v) is 10.8. The Morgan fingerprint density at radius 1 is 1.14 bits per heavy atom. The fraction of sp³-hybridized carbons (Fsp3) is 0.333. The van der Waals surface area contributed by atoms with Crippen LogP contribution in [-0.4, -0.2) is 45.2 Å². The molecule has 35 heavy (non-hydrogen) atoms. The lowest BCUT2D eigenvalue weighted by Gasteiger charge is -2.40. The van der Waals surface area contributed by atoms with E-state index in [1.54, 1.807) is 17.4 Å². The molecule has 3 aromatic rings. The van der Waals surface area contributed by atoms with Gasteiger partial charge in [-0.1, -0.05) is 35.9 Å². The summed E-state index contributed by atoms with van der Waals surface area (Å²) in [6.07, 6.45) is 0.773. The highest BCUT2D eigenvalue weighted by molar-refractivity contribution is 7.10. The molecule has 1 unspecified atom stereocenters. The molecular weight excluding hydrogens is 462 g/mol. The van der Waals surface area contributed by atoms with E-state index in [1.807, 2.05) is 44.7 Å². The van der Waals surface area contributed by atoms with Gasteiger partial charge in [0.1, 0.15) is 6.54 Å². The van der Waals surface area contributed by atoms with E-state index in [0.717, 1.165) is 23.1 Å². The van der Waals surface area contributed by atoms with Crippen LogP contribution in [0.15, 0.2) is 60.0 Å². The van der Waals surface area contributed by atoms with E-state index >= 15 is 0 Å². The Labute approximate surface area is 209 Å². The topological polar surface area (TPSA) is 83.8 Å². The molecule has 1 aliphatic rings. The quantitative estimate of drug-likeness (QED) is 0.354. The molecule has 1 aliphatic heterocycles. The largest absolute Gasteiger partial charge is 0.330 e. The van der Waals surface area contributed by atoms with Crippen molar-refractivity contribution in [2.75, 3.05) is 13.1 Å². The molecule has 2 amide bonds. The average Bonchev–Trinajstić information content (AvgIpc) is 3.30. The second-order valence-electron chi connectivity index (χ2n) is 9.82. The second kappa shape index (κ2) is 9.62. The lowest BCUT2D eigenvalue weighted by atomic mass is 9.92. The third-order valence-corrected chi connectivity index (χ3v) is 7.33. The van der Waals surface area contributed by atoms with E-state index in [-0.39, 0.29) is 29.7 Å². The zero-order valence-electron chi connectivity index (χ0n) is 20.4. The summed E-state index contributed by atoms with van der Waals surface area (Å²) in [5.74, 6) is -0.559. The number of nitro benzene ring substituents is 1. The molecule has 0 aliphatic carbocycles. The highest BCUT2D eigenvalue weighted by Gasteiger charge is 2.36. The van der Waals surface area contributed by atoms with E-state index in [4.69, 9.17) is 0 Å². The van der Waals surface area contributed by atoms with Crippen molar-refractivity contribution in [3.8, 4) is 0 Å². The standard InChI is InChI=1S/C27H29N3O4S/c1-18-8-10-19(11-9-18)25-22-13-15-35-23(22)12-14-28(25)24(31)17-29(27(2,3)4)26(32)20-6-5-7-21(16-20)30(33)34/h5-11,13,15-16,25H,12,14,17H2,1-4H3. The highest BCUT2D eigenvalue weighted by Crippen LogP contribution is 2.38. The van der Waals surface area contributed by atoms with Crippen LogP contribution >= 0.6 is 11.3 Å². The molecule has 1 aromatic heterocycles. The first-order chi connectivity index (χ1) is 16.6. The van der Waals surface area contributed by atoms with Gasteiger partial charge in [0, 0.05) is 34.7 Å². The Morgan fingerprint density at radius 3 is 2.51 bits per heavy atom. The van der Waals surface area contributed by atoms with Gasteiger partial charge in [-0.2, -0.15) is 0 Å². The van der Waals surface area contributed by atoms with Crippen molar-refractivity contribution in [3.05, 3.63) is 97.2 Å². The summed E-state index contributed by atoms with van der Waals surface area (Å²) in [5.41, 5.74) is 2.68. The van der Waals surface area contributed by atoms with Gasteiger partial charge in [-0.3, -0.25) is 19.7 Å². The summed E-state index contributed by atoms with van der Waals surface area (Å²) in [5, 5.41) is 13.3. The molecule has 1 atom stereocenters. The molecule has 2 aromatic carbocycles. The van der Waals surface area contributed by atoms with E-state index < -0.39 is 16.4 Å². The van der Waals surface area contributed by atoms with Crippen LogP contribution in [0.5, 0.6) is 0 Å². The minimum Gasteiger partial charge on any atom is -0.330 e. The Bertz CT molecular complexity index is 1260. The molecule has 182 valence electrons. The van der Waals surface area contributed by atoms with Crippen LogP contribution in [-0.2, 0) is 11.2 Å². The normalized spacial score (nSPS) is 15.4. The van der Waals surface area contributed by atoms with Crippen LogP contribution < -0.4 is 0 Å². The number of benzene rings is 2. The molecule has 7 nitrogen and oxygen atoms in total. The summed E-state index contributed by atoms with van der Waals surface area (Å²) in [7, 11) is 0. The molecule has 0 radical (unpaired) electrons. The number of carbonyl (C=O) groups excluding carboxylic acids is 2. The van der Waals surface area contributed by atoms with Gasteiger partial charge < -0.3 is 9.80 Å². The summed E-state index contributed by atoms with van der Waals surface area (Å²) in [6, 6.07) is 15.7. The van der Waals surface area contributed by atoms with E-state index in [2.05, 4.69) is 23.6 Å². The predicted octanol–water partition coefficient (Wildman–Crippen LogP) is 5.38. The fourth-order valence-electron chi connectivity index (χ4n) is 4.44. The lowest BCUT2D eigenvalue weighted by Crippen LogP contribution is -2.52. The minimum absolute atomic E-state index is 0.118. The number of thiophene rings is 1. The highest BCUT2D eigenvalue weighted by atomic mass is 32.1. The van der Waals surface area contributed by atoms with E-state index in [0.29, 0.717) is 6.54 Å². The van der Waals surface area contributed by atoms with Crippen LogP contribution in [0.2, 0.25) is 0 Å². The number of rotatable bonds is 5. The fourth-order valence-corrected chi connectivity index (χ4v) is 5.35. The molecule has 0 spiro atoms. The van der Waals surface area contributed by atoms with Crippen LogP contribution in [0.4, 0.5) is 5.69 Å². The van der Waals surface area contributed by atoms with Crippen LogP contribution in [0, 0.1) is 17.0 Å². The molecule has 0 saturated carbocycles. The van der Waals surface area contributed by atoms with E-state index in [9.17, 15) is 19.7 Å². The summed E-state index contributed by atoms with van der Waals surface area (Å²) in [6.45, 7) is 8.06. The first kappa shape index (κ1) is 24.6. The van der Waals surface area contributed by atoms with Gasteiger partial charge in [0.15, 0.2) is 0 Å². The van der Waals surface area contributed by atoms with Crippen molar-refractivity contribution in [1.82, 2.24) is 9.80 Å². The van der Waals surface area contributed by atoms with Crippen molar-refractivity contribution >= 4 is 28.8 Å². The molecule has 4 rings (SSSR count). The third-order valence-electron chi connectivity index (χ3n) is 6.33. The zero-order chi connectivity index (χ0) is 25.3. The molecule has 2 heterocycles. The van der Waals surface area contributed by atoms with Gasteiger partial charge in [0.2, 0.25) is 5.91 Å². The smallest absolute Gasteiger partial charge is 0.270 e. The number of non-ortho nitro benzene ring substituents is 1. The maximum atomic E-state index is 13.8. The van der Waals surface area contributed by atoms with Crippen molar-refractivity contribution in [2.24, 2.45) is 0 Å². The van der Waals surface area contributed by atoms with Crippen molar-refractivity contribution < 1.29 is 14.5 Å². The van der Waals surface area contributed by atoms with Crippen LogP contribution in [0.25, 0.3) is 0 Å². The van der Waals surface area contributed by atoms with Gasteiger partial charge in [0.05, 0.1) is 11.0 Å². The number of amides is 2. The Morgan fingerprint density at radius 2 is 1.86 bits per heavy atom. The van der Waals surface area contributed by atoms with Gasteiger partial charge in [-0.25, -0.2) is 0 Å². The van der Waals surface area contributed by atoms with Gasteiger partial charge >= 0.3 is 0 Å². The maximum Gasteiger partial charge on any atom is 0.270 e. The van der Waals surface area contributed by atoms with Gasteiger partial charge in [-0.15, -0.1) is 11.3 Å². The molecule has 8 heteroatoms. The monoisotopic (exact) mass is 491 g/mol. The molecule has 0 saturated heterocycles. The Balaban J connectivity index is 1.65. The number of nitro groups is 1. The summed E-state index contributed by atoms with van der Waals surface area (Å²) >= 11 is 1.71.